The summed E-state index contributed by atoms with van der Waals surface area (Å²) in [6.07, 6.45) is 32.8. The first-order valence-electron chi connectivity index (χ1n) is 18.2. The Hall–Kier alpha value is -1.43. The Morgan fingerprint density at radius 3 is 1.33 bits per heavy atom. The van der Waals surface area contributed by atoms with E-state index in [0.717, 1.165) is 37.9 Å². The Balaban J connectivity index is 4.08. The SMILES string of the molecule is CCCCCCCCCCCCCC/C(CCC(=O)O)=N/NC(=O)C[N+](C)(C)CCCCCCCCCCCCCC. The van der Waals surface area contributed by atoms with E-state index in [1.807, 2.05) is 0 Å². The van der Waals surface area contributed by atoms with E-state index in [4.69, 9.17) is 5.11 Å². The highest BCUT2D eigenvalue weighted by atomic mass is 16.4. The molecule has 0 aromatic carbocycles. The maximum absolute atomic E-state index is 12.6. The number of carbonyl (C=O) groups is 2. The van der Waals surface area contributed by atoms with Crippen LogP contribution in [-0.4, -0.2) is 54.4 Å². The fraction of sp³-hybridized carbons (Fsp3) is 0.917. The lowest BCUT2D eigenvalue weighted by atomic mass is 10.0. The van der Waals surface area contributed by atoms with Gasteiger partial charge in [-0.15, -0.1) is 0 Å². The monoisotopic (exact) mass is 595 g/mol. The molecule has 0 fully saturated rings. The van der Waals surface area contributed by atoms with Gasteiger partial charge in [0.15, 0.2) is 6.54 Å². The van der Waals surface area contributed by atoms with Gasteiger partial charge in [-0.2, -0.15) is 5.10 Å². The number of nitrogens with one attached hydrogen (secondary N) is 1. The van der Waals surface area contributed by atoms with Crippen molar-refractivity contribution in [3.05, 3.63) is 0 Å². The van der Waals surface area contributed by atoms with Crippen molar-refractivity contribution in [2.24, 2.45) is 5.10 Å². The van der Waals surface area contributed by atoms with Crippen molar-refractivity contribution < 1.29 is 19.2 Å². The van der Waals surface area contributed by atoms with E-state index < -0.39 is 5.97 Å². The number of carboxylic acids is 1. The van der Waals surface area contributed by atoms with Crippen molar-refractivity contribution in [3.63, 3.8) is 0 Å². The van der Waals surface area contributed by atoms with Crippen molar-refractivity contribution in [3.8, 4) is 0 Å². The standard InChI is InChI=1S/C36H71N3O3/c1-5-7-9-11-13-15-17-19-21-23-25-27-29-34(30-31-36(41)42)37-38-35(40)33-39(3,4)32-28-26-24-22-20-18-16-14-12-10-8-6-2/h5-33H2,1-4H3,(H-,38,40,41,42)/p+1/b37-34-. The van der Waals surface area contributed by atoms with Gasteiger partial charge in [-0.25, -0.2) is 5.43 Å². The molecular weight excluding hydrogens is 522 g/mol. The molecule has 0 saturated heterocycles. The Labute approximate surface area is 261 Å². The summed E-state index contributed by atoms with van der Waals surface area (Å²) in [6, 6.07) is 0. The summed E-state index contributed by atoms with van der Waals surface area (Å²) in [7, 11) is 4.22. The van der Waals surface area contributed by atoms with Gasteiger partial charge in [0.1, 0.15) is 0 Å². The molecule has 0 aromatic rings. The number of carboxylic acid groups (broad SMARTS) is 1. The minimum Gasteiger partial charge on any atom is -0.481 e. The van der Waals surface area contributed by atoms with Crippen molar-refractivity contribution >= 4 is 17.6 Å². The molecule has 0 aromatic heterocycles. The van der Waals surface area contributed by atoms with E-state index in [1.54, 1.807) is 0 Å². The summed E-state index contributed by atoms with van der Waals surface area (Å²) in [5.74, 6) is -0.898. The lowest BCUT2D eigenvalue weighted by Crippen LogP contribution is -2.47. The van der Waals surface area contributed by atoms with E-state index in [-0.39, 0.29) is 12.3 Å². The first-order chi connectivity index (χ1) is 20.3. The molecule has 0 aliphatic rings. The molecule has 0 atom stereocenters. The molecule has 0 radical (unpaired) electrons. The lowest BCUT2D eigenvalue weighted by Gasteiger charge is -2.28. The zero-order valence-electron chi connectivity index (χ0n) is 28.7. The van der Waals surface area contributed by atoms with Crippen LogP contribution in [0.3, 0.4) is 0 Å². The number of rotatable bonds is 32. The quantitative estimate of drug-likeness (QED) is 0.0352. The van der Waals surface area contributed by atoms with Gasteiger partial charge < -0.3 is 9.59 Å². The maximum Gasteiger partial charge on any atom is 0.303 e. The summed E-state index contributed by atoms with van der Waals surface area (Å²) in [5.41, 5.74) is 3.55. The molecule has 0 spiro atoms. The summed E-state index contributed by atoms with van der Waals surface area (Å²) < 4.78 is 0.655. The number of quaternary nitrogens is 1. The van der Waals surface area contributed by atoms with Crippen molar-refractivity contribution in [2.75, 3.05) is 27.2 Å². The fourth-order valence-corrected chi connectivity index (χ4v) is 5.68. The number of nitrogens with zero attached hydrogens (tertiary/aromatic N) is 2. The number of likely N-dealkylation sites (N-methyl/N-ethyl adjacent to an activating group) is 1. The molecule has 1 amide bonds. The van der Waals surface area contributed by atoms with Gasteiger partial charge in [0, 0.05) is 5.71 Å². The lowest BCUT2D eigenvalue weighted by molar-refractivity contribution is -0.882. The highest BCUT2D eigenvalue weighted by Crippen LogP contribution is 2.14. The molecule has 0 heterocycles. The normalized spacial score (nSPS) is 12.1. The van der Waals surface area contributed by atoms with Crippen molar-refractivity contribution in [1.29, 1.82) is 0 Å². The van der Waals surface area contributed by atoms with Gasteiger partial charge in [0.2, 0.25) is 0 Å². The topological polar surface area (TPSA) is 78.8 Å². The van der Waals surface area contributed by atoms with Gasteiger partial charge in [0.05, 0.1) is 27.1 Å². The second-order valence-corrected chi connectivity index (χ2v) is 13.5. The van der Waals surface area contributed by atoms with Crippen LogP contribution in [0.1, 0.15) is 187 Å². The number of hydrogen-bond acceptors (Lipinski definition) is 3. The Kier molecular flexibility index (Phi) is 28.6. The van der Waals surface area contributed by atoms with Crippen molar-refractivity contribution in [2.45, 2.75) is 187 Å². The second kappa shape index (κ2) is 29.6. The smallest absolute Gasteiger partial charge is 0.303 e. The summed E-state index contributed by atoms with van der Waals surface area (Å²) in [5, 5.41) is 13.5. The first kappa shape index (κ1) is 40.6. The van der Waals surface area contributed by atoms with E-state index in [1.165, 1.54) is 135 Å². The van der Waals surface area contributed by atoms with Crippen molar-refractivity contribution in [1.82, 2.24) is 5.43 Å². The molecule has 0 aliphatic carbocycles. The number of aliphatic carboxylic acids is 1. The summed E-state index contributed by atoms with van der Waals surface area (Å²) >= 11 is 0. The van der Waals surface area contributed by atoms with Crippen LogP contribution in [0.5, 0.6) is 0 Å². The highest BCUT2D eigenvalue weighted by molar-refractivity contribution is 5.88. The van der Waals surface area contributed by atoms with Crippen LogP contribution < -0.4 is 5.43 Å². The molecule has 248 valence electrons. The van der Waals surface area contributed by atoms with Crippen LogP contribution >= 0.6 is 0 Å². The summed E-state index contributed by atoms with van der Waals surface area (Å²) in [6.45, 7) is 5.91. The first-order valence-corrected chi connectivity index (χ1v) is 18.2. The van der Waals surface area contributed by atoms with Gasteiger partial charge in [-0.1, -0.05) is 149 Å². The third kappa shape index (κ3) is 30.0. The Morgan fingerprint density at radius 1 is 0.548 bits per heavy atom. The predicted octanol–water partition coefficient (Wildman–Crippen LogP) is 10.2. The van der Waals surface area contributed by atoms with Crippen LogP contribution in [0.25, 0.3) is 0 Å². The van der Waals surface area contributed by atoms with E-state index >= 15 is 0 Å². The maximum atomic E-state index is 12.6. The van der Waals surface area contributed by atoms with Crippen LogP contribution in [-0.2, 0) is 9.59 Å². The van der Waals surface area contributed by atoms with E-state index in [0.29, 0.717) is 17.4 Å². The third-order valence-corrected chi connectivity index (χ3v) is 8.47. The number of unbranched alkanes of at least 4 members (excludes halogenated alkanes) is 22. The molecule has 0 rings (SSSR count). The average Bonchev–Trinajstić information content (AvgIpc) is 2.94. The summed E-state index contributed by atoms with van der Waals surface area (Å²) in [4.78, 5) is 23.8. The average molecular weight is 595 g/mol. The molecule has 0 aliphatic heterocycles. The largest absolute Gasteiger partial charge is 0.481 e. The van der Waals surface area contributed by atoms with E-state index in [2.05, 4.69) is 38.5 Å². The third-order valence-electron chi connectivity index (χ3n) is 8.47. The number of carbonyl (C=O) groups excluding carboxylic acids is 1. The zero-order valence-corrected chi connectivity index (χ0v) is 28.7. The van der Waals surface area contributed by atoms with E-state index in [9.17, 15) is 9.59 Å². The number of amides is 1. The molecule has 2 N–H and O–H groups in total. The number of hydrogen-bond donors (Lipinski definition) is 2. The predicted molar refractivity (Wildman–Crippen MR) is 181 cm³/mol. The Morgan fingerprint density at radius 2 is 0.929 bits per heavy atom. The zero-order chi connectivity index (χ0) is 31.2. The molecule has 6 heteroatoms. The minimum absolute atomic E-state index is 0.0630. The van der Waals surface area contributed by atoms with Gasteiger partial charge in [-0.3, -0.25) is 9.59 Å². The number of hydrazone groups is 1. The van der Waals surface area contributed by atoms with Gasteiger partial charge in [-0.05, 0) is 32.1 Å². The molecular formula is C36H72N3O3+. The van der Waals surface area contributed by atoms with Crippen LogP contribution in [0.4, 0.5) is 0 Å². The molecule has 0 saturated carbocycles. The van der Waals surface area contributed by atoms with Crippen LogP contribution in [0, 0.1) is 0 Å². The minimum atomic E-state index is -0.816. The molecule has 6 nitrogen and oxygen atoms in total. The fourth-order valence-electron chi connectivity index (χ4n) is 5.68. The van der Waals surface area contributed by atoms with Gasteiger partial charge >= 0.3 is 5.97 Å². The second-order valence-electron chi connectivity index (χ2n) is 13.5. The molecule has 0 unspecified atom stereocenters. The van der Waals surface area contributed by atoms with Crippen LogP contribution in [0.2, 0.25) is 0 Å². The van der Waals surface area contributed by atoms with Crippen LogP contribution in [0.15, 0.2) is 5.10 Å². The highest BCUT2D eigenvalue weighted by Gasteiger charge is 2.19. The Bertz CT molecular complexity index is 663. The molecule has 0 bridgehead atoms. The molecule has 42 heavy (non-hydrogen) atoms. The van der Waals surface area contributed by atoms with Gasteiger partial charge in [0.25, 0.3) is 5.91 Å².